The van der Waals surface area contributed by atoms with Gasteiger partial charge in [0.25, 0.3) is 6.08 Å². The zero-order valence-corrected chi connectivity index (χ0v) is 23.0. The van der Waals surface area contributed by atoms with Crippen LogP contribution in [0.1, 0.15) is 21.3 Å². The normalized spacial score (nSPS) is 11.9. The Balaban J connectivity index is 0.000000421. The van der Waals surface area contributed by atoms with Crippen LogP contribution in [-0.4, -0.2) is 73.9 Å². The Morgan fingerprint density at radius 3 is 2.22 bits per heavy atom. The fourth-order valence-corrected chi connectivity index (χ4v) is 3.81. The number of carboxylic acid groups (broad SMARTS) is 2. The van der Waals surface area contributed by atoms with E-state index in [2.05, 4.69) is 32.3 Å². The highest BCUT2D eigenvalue weighted by molar-refractivity contribution is 7.12. The lowest BCUT2D eigenvalue weighted by Gasteiger charge is -2.17. The third kappa shape index (κ3) is 11.6. The summed E-state index contributed by atoms with van der Waals surface area (Å²) in [6.45, 7) is 1.19. The van der Waals surface area contributed by atoms with Gasteiger partial charge in [-0.15, -0.1) is 11.3 Å². The number of alkyl halides is 6. The summed E-state index contributed by atoms with van der Waals surface area (Å²) in [5.74, 6) is 1.27. The van der Waals surface area contributed by atoms with E-state index >= 15 is 0 Å². The number of hydrogen-bond acceptors (Lipinski definition) is 9. The molecule has 0 bridgehead atoms. The van der Waals surface area contributed by atoms with Crippen LogP contribution < -0.4 is 21.5 Å². The molecule has 0 unspecified atom stereocenters. The average Bonchev–Trinajstić information content (AvgIpc) is 3.56. The number of anilines is 1. The first-order valence-corrected chi connectivity index (χ1v) is 12.7. The van der Waals surface area contributed by atoms with E-state index in [4.69, 9.17) is 30.3 Å². The van der Waals surface area contributed by atoms with Crippen molar-refractivity contribution >= 4 is 29.0 Å². The molecule has 0 saturated carbocycles. The molecule has 12 nitrogen and oxygen atoms in total. The monoisotopic (exact) mass is 672 g/mol. The van der Waals surface area contributed by atoms with E-state index in [0.29, 0.717) is 18.2 Å². The molecule has 1 aliphatic rings. The van der Waals surface area contributed by atoms with Gasteiger partial charge in [-0.2, -0.15) is 40.2 Å². The van der Waals surface area contributed by atoms with Gasteiger partial charge in [-0.05, 0) is 36.1 Å². The van der Waals surface area contributed by atoms with Gasteiger partial charge >= 0.3 is 30.0 Å². The molecule has 6 N–H and O–H groups in total. The first-order valence-electron chi connectivity index (χ1n) is 11.9. The Labute approximate surface area is 250 Å². The molecule has 0 fully saturated rings. The highest BCUT2D eigenvalue weighted by atomic mass is 32.1. The number of carbonyl (C=O) groups is 2. The van der Waals surface area contributed by atoms with Crippen molar-refractivity contribution in [3.8, 4) is 17.7 Å². The smallest absolute Gasteiger partial charge is 0.475 e. The van der Waals surface area contributed by atoms with Crippen LogP contribution in [0.25, 0.3) is 0 Å². The van der Waals surface area contributed by atoms with Crippen LogP contribution in [0.3, 0.4) is 0 Å². The van der Waals surface area contributed by atoms with Gasteiger partial charge < -0.3 is 26.0 Å². The molecule has 1 aliphatic heterocycles. The number of hydrogen-bond donors (Lipinski definition) is 5. The zero-order chi connectivity index (χ0) is 33.9. The molecule has 21 heteroatoms. The summed E-state index contributed by atoms with van der Waals surface area (Å²) in [6.07, 6.45) is -12.2. The molecule has 0 aromatic carbocycles. The van der Waals surface area contributed by atoms with Gasteiger partial charge in [0.2, 0.25) is 5.88 Å². The number of ether oxygens (including phenoxy) is 1. The highest BCUT2D eigenvalue weighted by Crippen LogP contribution is 2.24. The van der Waals surface area contributed by atoms with E-state index in [1.165, 1.54) is 15.9 Å². The van der Waals surface area contributed by atoms with E-state index in [9.17, 15) is 39.9 Å². The number of aliphatic carboxylic acids is 2. The minimum absolute atomic E-state index is 0.194. The molecular formula is C24H20F8N6O6S. The summed E-state index contributed by atoms with van der Waals surface area (Å²) >= 11 is 1.40. The van der Waals surface area contributed by atoms with Crippen molar-refractivity contribution in [2.24, 2.45) is 5.73 Å². The lowest BCUT2D eigenvalue weighted by atomic mass is 10.2. The zero-order valence-electron chi connectivity index (χ0n) is 22.2. The number of aromatic nitrogens is 4. The van der Waals surface area contributed by atoms with Crippen molar-refractivity contribution in [2.45, 2.75) is 25.3 Å². The van der Waals surface area contributed by atoms with E-state index in [1.54, 1.807) is 0 Å². The van der Waals surface area contributed by atoms with Crippen molar-refractivity contribution in [2.75, 3.05) is 25.0 Å². The van der Waals surface area contributed by atoms with Crippen LogP contribution >= 0.6 is 11.3 Å². The van der Waals surface area contributed by atoms with Gasteiger partial charge in [-0.25, -0.2) is 24.5 Å². The third-order valence-electron chi connectivity index (χ3n) is 5.01. The molecule has 0 spiro atoms. The fraction of sp³-hybridized carbons (Fsp3) is 0.292. The second kappa shape index (κ2) is 15.7. The molecule has 244 valence electrons. The quantitative estimate of drug-likeness (QED) is 0.199. The van der Waals surface area contributed by atoms with Crippen LogP contribution in [0.15, 0.2) is 40.7 Å². The third-order valence-corrected chi connectivity index (χ3v) is 6.00. The Hall–Kier alpha value is -4.97. The number of nitrogens with two attached hydrogens (primary N) is 1. The number of thiophene rings is 1. The van der Waals surface area contributed by atoms with Crippen molar-refractivity contribution in [1.29, 1.82) is 0 Å². The van der Waals surface area contributed by atoms with Gasteiger partial charge in [0.05, 0.1) is 17.1 Å². The minimum Gasteiger partial charge on any atom is -0.475 e. The van der Waals surface area contributed by atoms with Crippen molar-refractivity contribution in [3.63, 3.8) is 0 Å². The second-order valence-corrected chi connectivity index (χ2v) is 9.39. The Kier molecular flexibility index (Phi) is 12.6. The molecule has 0 radical (unpaired) electrons. The van der Waals surface area contributed by atoms with Crippen molar-refractivity contribution < 1.29 is 59.7 Å². The molecular weight excluding hydrogens is 652 g/mol. The second-order valence-electron chi connectivity index (χ2n) is 8.22. The van der Waals surface area contributed by atoms with E-state index in [-0.39, 0.29) is 30.9 Å². The van der Waals surface area contributed by atoms with Crippen molar-refractivity contribution in [1.82, 2.24) is 19.7 Å². The summed E-state index contributed by atoms with van der Waals surface area (Å²) in [4.78, 5) is 35.9. The molecule has 0 amide bonds. The van der Waals surface area contributed by atoms with Gasteiger partial charge in [0.1, 0.15) is 18.1 Å². The van der Waals surface area contributed by atoms with Gasteiger partial charge in [0.15, 0.2) is 0 Å². The molecule has 3 aromatic rings. The number of nitrogens with zero attached hydrogens (tertiary/aromatic N) is 3. The van der Waals surface area contributed by atoms with E-state index in [0.717, 1.165) is 22.0 Å². The number of carboxylic acids is 2. The average molecular weight is 673 g/mol. The minimum atomic E-state index is -5.08. The summed E-state index contributed by atoms with van der Waals surface area (Å²) < 4.78 is 96.1. The van der Waals surface area contributed by atoms with E-state index < -0.39 is 36.1 Å². The van der Waals surface area contributed by atoms with Crippen LogP contribution in [0.2, 0.25) is 0 Å². The Bertz CT molecular complexity index is 1620. The Morgan fingerprint density at radius 2 is 1.67 bits per heavy atom. The number of fused-ring (bicyclic) bond motifs is 1. The largest absolute Gasteiger partial charge is 0.490 e. The van der Waals surface area contributed by atoms with Gasteiger partial charge in [-0.3, -0.25) is 4.57 Å². The number of rotatable bonds is 5. The first kappa shape index (κ1) is 36.2. The van der Waals surface area contributed by atoms with Crippen LogP contribution in [-0.2, 0) is 22.6 Å². The van der Waals surface area contributed by atoms with Crippen LogP contribution in [0, 0.1) is 11.8 Å². The molecule has 45 heavy (non-hydrogen) atoms. The predicted octanol–water partition coefficient (Wildman–Crippen LogP) is 3.20. The van der Waals surface area contributed by atoms with Gasteiger partial charge in [0, 0.05) is 30.0 Å². The summed E-state index contributed by atoms with van der Waals surface area (Å²) in [6, 6.07) is 7.36. The maximum Gasteiger partial charge on any atom is 0.490 e. The molecule has 4 rings (SSSR count). The SMILES string of the molecule is NCC(Cc1n[nH]c(=O)n1Cc1ccc(C#Cc2ccc3c(n2)OCCN3)s1)=C(F)F.O=C(O)C(F)(F)F.O=C(O)C(F)(F)F. The first-order chi connectivity index (χ1) is 20.9. The summed E-state index contributed by atoms with van der Waals surface area (Å²) in [7, 11) is 0. The van der Waals surface area contributed by atoms with E-state index in [1.807, 2.05) is 24.3 Å². The molecule has 0 aliphatic carbocycles. The van der Waals surface area contributed by atoms with Gasteiger partial charge in [-0.1, -0.05) is 0 Å². The van der Waals surface area contributed by atoms with Crippen LogP contribution in [0.5, 0.6) is 5.88 Å². The lowest BCUT2D eigenvalue weighted by Crippen LogP contribution is -2.21. The molecule has 4 heterocycles. The molecule has 0 atom stereocenters. The topological polar surface area (TPSA) is 185 Å². The number of halogens is 8. The van der Waals surface area contributed by atoms with Crippen molar-refractivity contribution in [3.05, 3.63) is 67.7 Å². The standard InChI is InChI=1S/C20H18F2N6O2S.2C2HF3O2/c21-18(22)12(10-23)9-17-26-27-20(29)28(17)11-15-5-4-14(31-15)3-1-13-2-6-16-19(25-13)30-8-7-24-16;2*3-2(4,5)1(6)7/h2,4-6,24H,7-11,23H2,(H,27,29);2*(H,6,7). The number of H-pyrrole nitrogens is 1. The predicted molar refractivity (Wildman–Crippen MR) is 140 cm³/mol. The lowest BCUT2D eigenvalue weighted by molar-refractivity contribution is -0.193. The molecule has 0 saturated heterocycles. The molecule has 3 aromatic heterocycles. The maximum absolute atomic E-state index is 12.9. The fourth-order valence-electron chi connectivity index (χ4n) is 2.95. The van der Waals surface area contributed by atoms with Crippen LogP contribution in [0.4, 0.5) is 40.8 Å². The number of nitrogens with one attached hydrogen (secondary N) is 2. The number of pyridine rings is 1. The Morgan fingerprint density at radius 1 is 1.04 bits per heavy atom. The summed E-state index contributed by atoms with van der Waals surface area (Å²) in [5.41, 5.74) is 6.06. The number of aromatic amines is 1. The maximum atomic E-state index is 12.9. The summed E-state index contributed by atoms with van der Waals surface area (Å²) in [5, 5.41) is 23.6. The highest BCUT2D eigenvalue weighted by Gasteiger charge is 2.38.